The van der Waals surface area contributed by atoms with Gasteiger partial charge in [-0.15, -0.1) is 0 Å². The van der Waals surface area contributed by atoms with Crippen LogP contribution in [-0.4, -0.2) is 12.6 Å². The molecule has 2 saturated carbocycles. The minimum absolute atomic E-state index is 0.0100. The number of esters is 1. The van der Waals surface area contributed by atoms with Crippen LogP contribution in [0.1, 0.15) is 74.2 Å². The average molecular weight is 481 g/mol. The number of ether oxygens (including phenoxy) is 2. The van der Waals surface area contributed by atoms with Crippen LogP contribution in [0.2, 0.25) is 0 Å². The van der Waals surface area contributed by atoms with Gasteiger partial charge >= 0.3 is 5.97 Å². The van der Waals surface area contributed by atoms with Crippen LogP contribution in [0.4, 0.5) is 8.78 Å². The first-order chi connectivity index (χ1) is 17.0. The van der Waals surface area contributed by atoms with Crippen molar-refractivity contribution in [1.29, 1.82) is 0 Å². The smallest absolute Gasteiger partial charge is 0.346 e. The van der Waals surface area contributed by atoms with E-state index in [-0.39, 0.29) is 17.2 Å². The second-order valence-electron chi connectivity index (χ2n) is 9.70. The number of rotatable bonds is 7. The minimum atomic E-state index is -1.13. The maximum Gasteiger partial charge on any atom is 0.346 e. The molecule has 2 aromatic rings. The van der Waals surface area contributed by atoms with Gasteiger partial charge in [0, 0.05) is 0 Å². The molecule has 0 N–H and O–H groups in total. The number of carbonyl (C=O) groups excluding carboxylic acids is 1. The van der Waals surface area contributed by atoms with E-state index in [0.29, 0.717) is 35.7 Å². The Bertz CT molecular complexity index is 1070. The minimum Gasteiger partial charge on any atom is -0.490 e. The van der Waals surface area contributed by atoms with Crippen molar-refractivity contribution in [2.75, 3.05) is 6.61 Å². The monoisotopic (exact) mass is 480 g/mol. The van der Waals surface area contributed by atoms with Gasteiger partial charge in [-0.05, 0) is 112 Å². The Labute approximate surface area is 206 Å². The van der Waals surface area contributed by atoms with Gasteiger partial charge in [0.1, 0.15) is 18.1 Å². The van der Waals surface area contributed by atoms with E-state index < -0.39 is 17.6 Å². The zero-order chi connectivity index (χ0) is 24.8. The van der Waals surface area contributed by atoms with Crippen molar-refractivity contribution in [3.05, 3.63) is 83.5 Å². The van der Waals surface area contributed by atoms with E-state index in [1.807, 2.05) is 19.1 Å². The van der Waals surface area contributed by atoms with Crippen LogP contribution >= 0.6 is 0 Å². The summed E-state index contributed by atoms with van der Waals surface area (Å²) in [4.78, 5) is 12.6. The van der Waals surface area contributed by atoms with Gasteiger partial charge in [0.15, 0.2) is 11.6 Å². The fourth-order valence-corrected chi connectivity index (χ4v) is 5.70. The maximum atomic E-state index is 15.1. The fourth-order valence-electron chi connectivity index (χ4n) is 5.70. The summed E-state index contributed by atoms with van der Waals surface area (Å²) < 4.78 is 40.9. The van der Waals surface area contributed by atoms with Crippen LogP contribution in [0.3, 0.4) is 0 Å². The molecular weight excluding hydrogens is 446 g/mol. The standard InChI is InChI=1S/C30H34F2O3/c1-3-5-17-34-24-11-13-25(14-12-24)35-30(33)27-16-15-26(28(31)29(27)32)23-10-9-21-18-20(6-4-2)7-8-22(21)19-23/h3-6,11-16,20-23H,7-10,17-19H2,1-2H3/b5-3+,6-4+. The lowest BCUT2D eigenvalue weighted by atomic mass is 9.64. The van der Waals surface area contributed by atoms with Gasteiger partial charge in [-0.3, -0.25) is 0 Å². The summed E-state index contributed by atoms with van der Waals surface area (Å²) >= 11 is 0. The molecule has 3 nitrogen and oxygen atoms in total. The molecule has 2 aromatic carbocycles. The second-order valence-corrected chi connectivity index (χ2v) is 9.70. The summed E-state index contributed by atoms with van der Waals surface area (Å²) in [7, 11) is 0. The Kier molecular flexibility index (Phi) is 8.37. The van der Waals surface area contributed by atoms with E-state index in [9.17, 15) is 9.18 Å². The van der Waals surface area contributed by atoms with Gasteiger partial charge in [-0.25, -0.2) is 13.6 Å². The molecule has 0 aromatic heterocycles. The SMILES string of the molecule is C/C=C/COc1ccc(OC(=O)c2ccc(C3CCC4CC(/C=C/C)CCC4C3)c(F)c2F)cc1. The third-order valence-corrected chi connectivity index (χ3v) is 7.51. The number of allylic oxidation sites excluding steroid dienone is 3. The van der Waals surface area contributed by atoms with Crippen molar-refractivity contribution >= 4 is 5.97 Å². The highest BCUT2D eigenvalue weighted by Crippen LogP contribution is 2.48. The van der Waals surface area contributed by atoms with Crippen LogP contribution in [0.25, 0.3) is 0 Å². The number of hydrogen-bond donors (Lipinski definition) is 0. The van der Waals surface area contributed by atoms with Crippen molar-refractivity contribution in [2.45, 2.75) is 58.3 Å². The molecule has 0 bridgehead atoms. The molecule has 4 rings (SSSR count). The molecule has 0 aliphatic heterocycles. The van der Waals surface area contributed by atoms with Crippen LogP contribution in [0.5, 0.6) is 11.5 Å². The summed E-state index contributed by atoms with van der Waals surface area (Å²) in [6.45, 7) is 4.41. The summed E-state index contributed by atoms with van der Waals surface area (Å²) in [6, 6.07) is 9.39. The zero-order valence-corrected chi connectivity index (χ0v) is 20.5. The Balaban J connectivity index is 1.40. The first-order valence-electron chi connectivity index (χ1n) is 12.7. The Morgan fingerprint density at radius 2 is 1.60 bits per heavy atom. The lowest BCUT2D eigenvalue weighted by molar-refractivity contribution is 0.0728. The number of fused-ring (bicyclic) bond motifs is 1. The second kappa shape index (κ2) is 11.7. The molecule has 2 aliphatic carbocycles. The molecular formula is C30H34F2O3. The summed E-state index contributed by atoms with van der Waals surface area (Å²) in [6.07, 6.45) is 14.5. The quantitative estimate of drug-likeness (QED) is 0.229. The highest BCUT2D eigenvalue weighted by atomic mass is 19.2. The topological polar surface area (TPSA) is 35.5 Å². The van der Waals surface area contributed by atoms with Crippen molar-refractivity contribution in [1.82, 2.24) is 0 Å². The van der Waals surface area contributed by atoms with Crippen LogP contribution < -0.4 is 9.47 Å². The number of hydrogen-bond acceptors (Lipinski definition) is 3. The highest BCUT2D eigenvalue weighted by Gasteiger charge is 2.36. The average Bonchev–Trinajstić information content (AvgIpc) is 2.86. The largest absolute Gasteiger partial charge is 0.490 e. The Hall–Kier alpha value is -2.95. The van der Waals surface area contributed by atoms with E-state index in [1.54, 1.807) is 30.3 Å². The Morgan fingerprint density at radius 3 is 2.34 bits per heavy atom. The van der Waals surface area contributed by atoms with Crippen molar-refractivity contribution in [2.24, 2.45) is 17.8 Å². The van der Waals surface area contributed by atoms with Gasteiger partial charge in [0.05, 0.1) is 5.56 Å². The molecule has 0 radical (unpaired) electrons. The molecule has 2 aliphatic rings. The maximum absolute atomic E-state index is 15.1. The van der Waals surface area contributed by atoms with Crippen molar-refractivity contribution < 1.29 is 23.0 Å². The predicted octanol–water partition coefficient (Wildman–Crippen LogP) is 8.02. The van der Waals surface area contributed by atoms with E-state index in [1.165, 1.54) is 18.9 Å². The fraction of sp³-hybridized carbons (Fsp3) is 0.433. The van der Waals surface area contributed by atoms with Crippen LogP contribution in [-0.2, 0) is 0 Å². The molecule has 4 unspecified atom stereocenters. The molecule has 2 fully saturated rings. The summed E-state index contributed by atoms with van der Waals surface area (Å²) in [5.74, 6) is -0.227. The molecule has 35 heavy (non-hydrogen) atoms. The summed E-state index contributed by atoms with van der Waals surface area (Å²) in [5, 5.41) is 0. The van der Waals surface area contributed by atoms with Gasteiger partial charge in [0.2, 0.25) is 0 Å². The molecule has 0 spiro atoms. The third-order valence-electron chi connectivity index (χ3n) is 7.51. The molecule has 0 saturated heterocycles. The highest BCUT2D eigenvalue weighted by molar-refractivity contribution is 5.91. The normalized spacial score (nSPS) is 24.5. The zero-order valence-electron chi connectivity index (χ0n) is 20.5. The first-order valence-corrected chi connectivity index (χ1v) is 12.7. The molecule has 0 heterocycles. The molecule has 0 amide bonds. The van der Waals surface area contributed by atoms with E-state index in [4.69, 9.17) is 9.47 Å². The first kappa shape index (κ1) is 25.2. The van der Waals surface area contributed by atoms with Gasteiger partial charge < -0.3 is 9.47 Å². The van der Waals surface area contributed by atoms with Crippen molar-refractivity contribution in [3.8, 4) is 11.5 Å². The van der Waals surface area contributed by atoms with Gasteiger partial charge in [0.25, 0.3) is 0 Å². The van der Waals surface area contributed by atoms with Crippen LogP contribution in [0, 0.1) is 29.4 Å². The van der Waals surface area contributed by atoms with E-state index >= 15 is 4.39 Å². The summed E-state index contributed by atoms with van der Waals surface area (Å²) in [5.41, 5.74) is -0.00378. The lowest BCUT2D eigenvalue weighted by Gasteiger charge is -2.42. The number of carbonyl (C=O) groups is 1. The molecule has 186 valence electrons. The predicted molar refractivity (Wildman–Crippen MR) is 134 cm³/mol. The van der Waals surface area contributed by atoms with E-state index in [0.717, 1.165) is 25.7 Å². The van der Waals surface area contributed by atoms with Gasteiger partial charge in [-0.1, -0.05) is 30.4 Å². The van der Waals surface area contributed by atoms with Crippen LogP contribution in [0.15, 0.2) is 60.7 Å². The number of benzene rings is 2. The molecule has 5 heteroatoms. The number of halogens is 2. The van der Waals surface area contributed by atoms with Gasteiger partial charge in [-0.2, -0.15) is 0 Å². The van der Waals surface area contributed by atoms with E-state index in [2.05, 4.69) is 19.1 Å². The lowest BCUT2D eigenvalue weighted by Crippen LogP contribution is -2.30. The molecule has 4 atom stereocenters. The Morgan fingerprint density at radius 1 is 0.886 bits per heavy atom. The third kappa shape index (κ3) is 6.01. The van der Waals surface area contributed by atoms with Crippen molar-refractivity contribution in [3.63, 3.8) is 0 Å².